The van der Waals surface area contributed by atoms with Crippen molar-refractivity contribution in [1.29, 1.82) is 0 Å². The first-order valence-corrected chi connectivity index (χ1v) is 6.83. The lowest BCUT2D eigenvalue weighted by Crippen LogP contribution is -2.33. The Morgan fingerprint density at radius 3 is 2.39 bits per heavy atom. The summed E-state index contributed by atoms with van der Waals surface area (Å²) in [6.45, 7) is 7.10. The molecule has 2 unspecified atom stereocenters. The van der Waals surface area contributed by atoms with E-state index >= 15 is 0 Å². The second-order valence-corrected chi connectivity index (χ2v) is 5.90. The van der Waals surface area contributed by atoms with Crippen molar-refractivity contribution in [2.24, 2.45) is 11.3 Å². The van der Waals surface area contributed by atoms with E-state index in [1.54, 1.807) is 0 Å². The highest BCUT2D eigenvalue weighted by Crippen LogP contribution is 2.43. The number of rotatable bonds is 3. The largest absolute Gasteiger partial charge is 0.335 e. The Labute approximate surface area is 111 Å². The van der Waals surface area contributed by atoms with Crippen molar-refractivity contribution in [1.82, 2.24) is 4.90 Å². The monoisotopic (exact) mass is 243 g/mol. The van der Waals surface area contributed by atoms with Crippen LogP contribution in [0.4, 0.5) is 0 Å². The van der Waals surface area contributed by atoms with Crippen LogP contribution in [-0.2, 0) is 11.3 Å². The van der Waals surface area contributed by atoms with Crippen molar-refractivity contribution in [3.8, 4) is 0 Å². The van der Waals surface area contributed by atoms with Crippen LogP contribution < -0.4 is 0 Å². The predicted molar refractivity (Wildman–Crippen MR) is 77.1 cm³/mol. The van der Waals surface area contributed by atoms with Crippen molar-refractivity contribution >= 4 is 13.8 Å². The third-order valence-corrected chi connectivity index (χ3v) is 4.45. The molecule has 1 aliphatic rings. The number of carbonyl (C=O) groups is 1. The number of hydrogen-bond donors (Lipinski definition) is 0. The van der Waals surface area contributed by atoms with E-state index in [-0.39, 0.29) is 5.41 Å². The summed E-state index contributed by atoms with van der Waals surface area (Å²) in [5.74, 6) is 0.749. The molecule has 2 nitrogen and oxygen atoms in total. The van der Waals surface area contributed by atoms with Gasteiger partial charge in [0, 0.05) is 18.0 Å². The van der Waals surface area contributed by atoms with Gasteiger partial charge in [0.15, 0.2) is 0 Å². The summed E-state index contributed by atoms with van der Waals surface area (Å²) in [6.07, 6.45) is 1.06. The maximum absolute atomic E-state index is 12.5. The highest BCUT2D eigenvalue weighted by molar-refractivity contribution is 6.09. The van der Waals surface area contributed by atoms with Gasteiger partial charge in [-0.2, -0.15) is 0 Å². The van der Waals surface area contributed by atoms with Crippen LogP contribution >= 0.6 is 0 Å². The Bertz CT molecular complexity index is 429. The van der Waals surface area contributed by atoms with Crippen LogP contribution in [0.3, 0.4) is 0 Å². The fraction of sp³-hybridized carbons (Fsp3) is 0.533. The zero-order chi connectivity index (χ0) is 13.3. The molecule has 1 aliphatic heterocycles. The molecule has 1 amide bonds. The molecule has 0 aromatic heterocycles. The first kappa shape index (κ1) is 13.2. The van der Waals surface area contributed by atoms with Crippen LogP contribution in [0.25, 0.3) is 0 Å². The van der Waals surface area contributed by atoms with E-state index in [1.165, 1.54) is 5.56 Å². The maximum Gasteiger partial charge on any atom is 0.229 e. The minimum Gasteiger partial charge on any atom is -0.335 e. The normalized spacial score (nSPS) is 26.6. The van der Waals surface area contributed by atoms with E-state index in [1.807, 2.05) is 23.1 Å². The van der Waals surface area contributed by atoms with Crippen LogP contribution in [0.15, 0.2) is 30.3 Å². The molecule has 2 atom stereocenters. The summed E-state index contributed by atoms with van der Waals surface area (Å²) in [4.78, 5) is 14.6. The van der Waals surface area contributed by atoms with Crippen molar-refractivity contribution in [3.63, 3.8) is 0 Å². The van der Waals surface area contributed by atoms with Gasteiger partial charge in [0.25, 0.3) is 0 Å². The van der Waals surface area contributed by atoms with Crippen LogP contribution in [0.5, 0.6) is 0 Å². The van der Waals surface area contributed by atoms with E-state index in [9.17, 15) is 4.79 Å². The average molecular weight is 243 g/mol. The Morgan fingerprint density at radius 1 is 1.28 bits per heavy atom. The second kappa shape index (κ2) is 4.79. The summed E-state index contributed by atoms with van der Waals surface area (Å²) in [5.41, 5.74) is 0.994. The molecule has 0 radical (unpaired) electrons. The quantitative estimate of drug-likeness (QED) is 0.744. The van der Waals surface area contributed by atoms with E-state index < -0.39 is 0 Å². The summed E-state index contributed by atoms with van der Waals surface area (Å²) in [6, 6.07) is 10.6. The first-order valence-electron chi connectivity index (χ1n) is 6.83. The highest BCUT2D eigenvalue weighted by Gasteiger charge is 2.50. The number of nitrogens with zero attached hydrogens (tertiary/aromatic N) is 1. The second-order valence-electron chi connectivity index (χ2n) is 5.90. The molecule has 1 aromatic rings. The standard InChI is InChI=1S/C15H22BNO/c1-11-13(9-16)15(2,3)14(18)17(11)10-12-7-5-4-6-8-12/h4-8,11,13H,9-10,16H2,1-3H3. The predicted octanol–water partition coefficient (Wildman–Crippen LogP) is 2.11. The highest BCUT2D eigenvalue weighted by atomic mass is 16.2. The minimum absolute atomic E-state index is 0.219. The molecule has 0 saturated carbocycles. The lowest BCUT2D eigenvalue weighted by molar-refractivity contribution is -0.136. The zero-order valence-corrected chi connectivity index (χ0v) is 11.8. The fourth-order valence-electron chi connectivity index (χ4n) is 3.38. The number of carbonyl (C=O) groups excluding carboxylic acids is 1. The number of benzene rings is 1. The van der Waals surface area contributed by atoms with E-state index in [4.69, 9.17) is 0 Å². The van der Waals surface area contributed by atoms with Gasteiger partial charge in [0.05, 0.1) is 0 Å². The van der Waals surface area contributed by atoms with Gasteiger partial charge in [0.2, 0.25) is 5.91 Å². The van der Waals surface area contributed by atoms with Gasteiger partial charge < -0.3 is 4.90 Å². The van der Waals surface area contributed by atoms with Crippen LogP contribution in [0.2, 0.25) is 6.32 Å². The molecular weight excluding hydrogens is 221 g/mol. The molecule has 0 spiro atoms. The summed E-state index contributed by atoms with van der Waals surface area (Å²) < 4.78 is 0. The molecule has 1 fully saturated rings. The van der Waals surface area contributed by atoms with Crippen molar-refractivity contribution in [3.05, 3.63) is 35.9 Å². The molecule has 1 heterocycles. The number of amides is 1. The van der Waals surface area contributed by atoms with Crippen molar-refractivity contribution in [2.45, 2.75) is 39.7 Å². The lowest BCUT2D eigenvalue weighted by Gasteiger charge is -2.25. The molecule has 1 saturated heterocycles. The summed E-state index contributed by atoms with van der Waals surface area (Å²) >= 11 is 0. The lowest BCUT2D eigenvalue weighted by atomic mass is 9.72. The Balaban J connectivity index is 2.22. The van der Waals surface area contributed by atoms with Gasteiger partial charge in [-0.05, 0) is 18.4 Å². The van der Waals surface area contributed by atoms with E-state index in [2.05, 4.69) is 40.8 Å². The molecule has 3 heteroatoms. The molecule has 0 aliphatic carbocycles. The molecule has 18 heavy (non-hydrogen) atoms. The zero-order valence-electron chi connectivity index (χ0n) is 11.8. The van der Waals surface area contributed by atoms with Crippen molar-refractivity contribution in [2.75, 3.05) is 0 Å². The van der Waals surface area contributed by atoms with Gasteiger partial charge in [-0.15, -0.1) is 0 Å². The molecular formula is C15H22BNO. The third-order valence-electron chi connectivity index (χ3n) is 4.45. The minimum atomic E-state index is -0.219. The third kappa shape index (κ3) is 2.07. The van der Waals surface area contributed by atoms with Gasteiger partial charge >= 0.3 is 0 Å². The fourth-order valence-corrected chi connectivity index (χ4v) is 3.38. The SMILES string of the molecule is BCC1C(C)N(Cc2ccccc2)C(=O)C1(C)C. The van der Waals surface area contributed by atoms with Crippen LogP contribution in [0.1, 0.15) is 26.3 Å². The smallest absolute Gasteiger partial charge is 0.229 e. The van der Waals surface area contributed by atoms with Gasteiger partial charge in [0.1, 0.15) is 7.85 Å². The molecule has 0 bridgehead atoms. The van der Waals surface area contributed by atoms with E-state index in [0.717, 1.165) is 12.9 Å². The van der Waals surface area contributed by atoms with E-state index in [0.29, 0.717) is 17.9 Å². The Hall–Kier alpha value is -1.25. The molecule has 96 valence electrons. The van der Waals surface area contributed by atoms with Gasteiger partial charge in [-0.1, -0.05) is 50.5 Å². The Kier molecular flexibility index (Phi) is 3.51. The first-order chi connectivity index (χ1) is 8.48. The van der Waals surface area contributed by atoms with Crippen molar-refractivity contribution < 1.29 is 4.79 Å². The van der Waals surface area contributed by atoms with Gasteiger partial charge in [-0.25, -0.2) is 0 Å². The Morgan fingerprint density at radius 2 is 1.89 bits per heavy atom. The van der Waals surface area contributed by atoms with Gasteiger partial charge in [-0.3, -0.25) is 4.79 Å². The maximum atomic E-state index is 12.5. The molecule has 0 N–H and O–H groups in total. The summed E-state index contributed by atoms with van der Waals surface area (Å²) in [5, 5.41) is 0. The van der Waals surface area contributed by atoms with Crippen LogP contribution in [0, 0.1) is 11.3 Å². The average Bonchev–Trinajstić information content (AvgIpc) is 2.51. The van der Waals surface area contributed by atoms with Crippen LogP contribution in [-0.4, -0.2) is 24.7 Å². The number of hydrogen-bond acceptors (Lipinski definition) is 1. The number of likely N-dealkylation sites (tertiary alicyclic amines) is 1. The topological polar surface area (TPSA) is 20.3 Å². The molecule has 2 rings (SSSR count). The molecule has 1 aromatic carbocycles. The summed E-state index contributed by atoms with van der Waals surface area (Å²) in [7, 11) is 2.18.